The van der Waals surface area contributed by atoms with Crippen LogP contribution in [-0.2, 0) is 5.41 Å². The van der Waals surface area contributed by atoms with Gasteiger partial charge in [0.25, 0.3) is 0 Å². The zero-order valence-corrected chi connectivity index (χ0v) is 39.7. The second-order valence-corrected chi connectivity index (χ2v) is 19.2. The average molecular weight is 908 g/mol. The smallest absolute Gasteiger partial charge is 0.138 e. The molecule has 0 N–H and O–H groups in total. The predicted molar refractivity (Wildman–Crippen MR) is 299 cm³/mol. The third-order valence-corrected chi connectivity index (χ3v) is 14.6. The van der Waals surface area contributed by atoms with Crippen molar-refractivity contribution in [2.45, 2.75) is 19.3 Å². The zero-order chi connectivity index (χ0) is 47.5. The van der Waals surface area contributed by atoms with Gasteiger partial charge in [-0.1, -0.05) is 214 Å². The maximum Gasteiger partial charge on any atom is 0.138 e. The number of para-hydroxylation sites is 1. The molecule has 0 fully saturated rings. The van der Waals surface area contributed by atoms with Crippen molar-refractivity contribution in [1.29, 1.82) is 0 Å². The van der Waals surface area contributed by atoms with Crippen LogP contribution in [0.4, 0.5) is 17.1 Å². The summed E-state index contributed by atoms with van der Waals surface area (Å²) in [5.41, 5.74) is 23.9. The van der Waals surface area contributed by atoms with Crippen LogP contribution < -0.4 is 4.90 Å². The van der Waals surface area contributed by atoms with E-state index in [9.17, 15) is 0 Å². The van der Waals surface area contributed by atoms with Crippen LogP contribution in [0.5, 0.6) is 0 Å². The van der Waals surface area contributed by atoms with E-state index >= 15 is 0 Å². The molecular formula is C69H49NO. The third kappa shape index (κ3) is 7.35. The molecule has 71 heavy (non-hydrogen) atoms. The number of benzene rings is 11. The summed E-state index contributed by atoms with van der Waals surface area (Å²) in [5.74, 6) is 0. The molecule has 0 atom stereocenters. The van der Waals surface area contributed by atoms with Gasteiger partial charge < -0.3 is 9.32 Å². The van der Waals surface area contributed by atoms with E-state index in [1.165, 1.54) is 44.5 Å². The van der Waals surface area contributed by atoms with E-state index in [4.69, 9.17) is 4.42 Å². The van der Waals surface area contributed by atoms with Crippen LogP contribution in [0.15, 0.2) is 265 Å². The minimum atomic E-state index is -0.197. The van der Waals surface area contributed by atoms with Gasteiger partial charge in [0, 0.05) is 33.6 Å². The Hall–Kier alpha value is -8.98. The maximum atomic E-state index is 7.07. The Balaban J connectivity index is 1.04. The summed E-state index contributed by atoms with van der Waals surface area (Å²) in [6, 6.07) is 94.8. The molecule has 13 rings (SSSR count). The van der Waals surface area contributed by atoms with Crippen molar-refractivity contribution in [3.8, 4) is 77.9 Å². The van der Waals surface area contributed by atoms with Gasteiger partial charge in [-0.2, -0.15) is 0 Å². The van der Waals surface area contributed by atoms with E-state index in [0.717, 1.165) is 83.5 Å². The summed E-state index contributed by atoms with van der Waals surface area (Å²) in [5, 5.41) is 2.18. The molecule has 1 heterocycles. The molecule has 0 saturated heterocycles. The molecule has 12 aromatic rings. The van der Waals surface area contributed by atoms with Crippen molar-refractivity contribution in [3.05, 3.63) is 272 Å². The molecule has 0 amide bonds. The Morgan fingerprint density at radius 1 is 0.296 bits per heavy atom. The van der Waals surface area contributed by atoms with Crippen molar-refractivity contribution in [3.63, 3.8) is 0 Å². The molecule has 0 bridgehead atoms. The summed E-state index contributed by atoms with van der Waals surface area (Å²) in [6.45, 7) is 4.76. The van der Waals surface area contributed by atoms with Gasteiger partial charge in [0.05, 0.1) is 5.69 Å². The van der Waals surface area contributed by atoms with Gasteiger partial charge in [-0.25, -0.2) is 0 Å². The van der Waals surface area contributed by atoms with Crippen molar-refractivity contribution in [1.82, 2.24) is 0 Å². The topological polar surface area (TPSA) is 16.4 Å². The van der Waals surface area contributed by atoms with Crippen LogP contribution in [0.25, 0.3) is 99.8 Å². The van der Waals surface area contributed by atoms with E-state index in [1.807, 2.05) is 0 Å². The number of fused-ring (bicyclic) bond motifs is 6. The SMILES string of the molecule is CC1(C)c2cc(-c3cc(-c4ccccc4)cc(N(c4ccccc4)c4cc(-c5ccccc5-c5ccccc5)c5c(c4)oc4cc(-c6ccccc6)ccc45)c3)ccc2-c2c(-c3ccccc3)cccc21. The first-order chi connectivity index (χ1) is 35.0. The molecule has 1 aromatic heterocycles. The van der Waals surface area contributed by atoms with Crippen molar-refractivity contribution >= 4 is 39.0 Å². The highest BCUT2D eigenvalue weighted by molar-refractivity contribution is 6.16. The number of rotatable bonds is 9. The van der Waals surface area contributed by atoms with Crippen LogP contribution in [0.2, 0.25) is 0 Å². The molecule has 2 heteroatoms. The van der Waals surface area contributed by atoms with Crippen LogP contribution in [0.1, 0.15) is 25.0 Å². The molecule has 0 saturated carbocycles. The van der Waals surface area contributed by atoms with Crippen molar-refractivity contribution in [2.24, 2.45) is 0 Å². The monoisotopic (exact) mass is 907 g/mol. The molecule has 1 aliphatic carbocycles. The first-order valence-electron chi connectivity index (χ1n) is 24.6. The fraction of sp³-hybridized carbons (Fsp3) is 0.0435. The first kappa shape index (κ1) is 42.1. The summed E-state index contributed by atoms with van der Waals surface area (Å²) in [7, 11) is 0. The number of furan rings is 1. The highest BCUT2D eigenvalue weighted by atomic mass is 16.3. The van der Waals surface area contributed by atoms with Crippen molar-refractivity contribution in [2.75, 3.05) is 4.90 Å². The Kier molecular flexibility index (Phi) is 10.2. The summed E-state index contributed by atoms with van der Waals surface area (Å²) in [4.78, 5) is 2.41. The summed E-state index contributed by atoms with van der Waals surface area (Å²) in [6.07, 6.45) is 0. The van der Waals surface area contributed by atoms with E-state index in [2.05, 4.69) is 280 Å². The molecular weight excluding hydrogens is 859 g/mol. The Morgan fingerprint density at radius 3 is 1.49 bits per heavy atom. The first-order valence-corrected chi connectivity index (χ1v) is 24.6. The minimum absolute atomic E-state index is 0.197. The Labute approximate surface area is 415 Å². The Bertz CT molecular complexity index is 3930. The van der Waals surface area contributed by atoms with Crippen LogP contribution in [0, 0.1) is 0 Å². The van der Waals surface area contributed by atoms with Gasteiger partial charge in [0.15, 0.2) is 0 Å². The second-order valence-electron chi connectivity index (χ2n) is 19.2. The normalized spacial score (nSPS) is 12.5. The van der Waals surface area contributed by atoms with Crippen molar-refractivity contribution < 1.29 is 4.42 Å². The highest BCUT2D eigenvalue weighted by Crippen LogP contribution is 2.54. The van der Waals surface area contributed by atoms with Gasteiger partial charge in [-0.15, -0.1) is 0 Å². The molecule has 1 aliphatic rings. The lowest BCUT2D eigenvalue weighted by Gasteiger charge is -2.28. The minimum Gasteiger partial charge on any atom is -0.456 e. The molecule has 2 nitrogen and oxygen atoms in total. The lowest BCUT2D eigenvalue weighted by atomic mass is 9.81. The fourth-order valence-electron chi connectivity index (χ4n) is 11.2. The molecule has 0 aliphatic heterocycles. The molecule has 0 radical (unpaired) electrons. The number of hydrogen-bond acceptors (Lipinski definition) is 2. The molecule has 0 spiro atoms. The quantitative estimate of drug-likeness (QED) is 0.143. The van der Waals surface area contributed by atoms with Crippen LogP contribution >= 0.6 is 0 Å². The number of hydrogen-bond donors (Lipinski definition) is 0. The third-order valence-electron chi connectivity index (χ3n) is 14.6. The Morgan fingerprint density at radius 2 is 0.817 bits per heavy atom. The summed E-state index contributed by atoms with van der Waals surface area (Å²) >= 11 is 0. The average Bonchev–Trinajstić information content (AvgIpc) is 3.92. The molecule has 0 unspecified atom stereocenters. The van der Waals surface area contributed by atoms with E-state index < -0.39 is 0 Å². The largest absolute Gasteiger partial charge is 0.456 e. The van der Waals surface area contributed by atoms with E-state index in [0.29, 0.717) is 0 Å². The number of anilines is 3. The lowest BCUT2D eigenvalue weighted by Crippen LogP contribution is -2.15. The van der Waals surface area contributed by atoms with E-state index in [1.54, 1.807) is 0 Å². The summed E-state index contributed by atoms with van der Waals surface area (Å²) < 4.78 is 7.07. The maximum absolute atomic E-state index is 7.07. The van der Waals surface area contributed by atoms with Gasteiger partial charge in [0.2, 0.25) is 0 Å². The van der Waals surface area contributed by atoms with Crippen LogP contribution in [0.3, 0.4) is 0 Å². The number of nitrogens with zero attached hydrogens (tertiary/aromatic N) is 1. The highest BCUT2D eigenvalue weighted by Gasteiger charge is 2.37. The van der Waals surface area contributed by atoms with Gasteiger partial charge >= 0.3 is 0 Å². The molecule has 336 valence electrons. The standard InChI is InChI=1S/C69H49NO/c1-69(2)63-34-20-33-58(49-27-14-6-15-28-49)67(63)60-37-35-50(42-64(60)69)53-39-52(47-23-10-4-11-24-47)40-55(41-53)70(54-29-16-7-17-30-54)56-44-62(59-32-19-18-31-57(59)48-25-12-5-13-26-48)68-61-38-36-51(46-21-8-3-9-22-46)43-65(61)71-66(68)45-56/h3-45H,1-2H3. The predicted octanol–water partition coefficient (Wildman–Crippen LogP) is 19.4. The fourth-order valence-corrected chi connectivity index (χ4v) is 11.2. The zero-order valence-electron chi connectivity index (χ0n) is 39.7. The van der Waals surface area contributed by atoms with Crippen LogP contribution in [-0.4, -0.2) is 0 Å². The van der Waals surface area contributed by atoms with Gasteiger partial charge in [-0.3, -0.25) is 0 Å². The van der Waals surface area contributed by atoms with Gasteiger partial charge in [-0.05, 0) is 144 Å². The van der Waals surface area contributed by atoms with E-state index in [-0.39, 0.29) is 5.41 Å². The second kappa shape index (κ2) is 17.2. The van der Waals surface area contributed by atoms with Gasteiger partial charge in [0.1, 0.15) is 11.2 Å². The lowest BCUT2D eigenvalue weighted by molar-refractivity contribution is 0.660. The molecule has 11 aromatic carbocycles.